The van der Waals surface area contributed by atoms with E-state index in [-0.39, 0.29) is 6.04 Å². The van der Waals surface area contributed by atoms with Gasteiger partial charge in [-0.05, 0) is 37.8 Å². The van der Waals surface area contributed by atoms with Crippen molar-refractivity contribution in [3.05, 3.63) is 47.5 Å². The summed E-state index contributed by atoms with van der Waals surface area (Å²) in [7, 11) is 0. The van der Waals surface area contributed by atoms with Crippen LogP contribution < -0.4 is 0 Å². The van der Waals surface area contributed by atoms with Crippen molar-refractivity contribution >= 4 is 0 Å². The number of hydrogen-bond acceptors (Lipinski definition) is 3. The van der Waals surface area contributed by atoms with Gasteiger partial charge < -0.3 is 5.11 Å². The van der Waals surface area contributed by atoms with Gasteiger partial charge >= 0.3 is 0 Å². The van der Waals surface area contributed by atoms with E-state index < -0.39 is 5.60 Å². The quantitative estimate of drug-likeness (QED) is 0.917. The van der Waals surface area contributed by atoms with Crippen molar-refractivity contribution in [1.82, 2.24) is 14.8 Å². The molecular weight excluding hydrogens is 238 g/mol. The molecule has 0 aliphatic heterocycles. The smallest absolute Gasteiger partial charge is 0.138 e. The second kappa shape index (κ2) is 4.46. The Labute approximate surface area is 113 Å². The van der Waals surface area contributed by atoms with E-state index in [1.54, 1.807) is 6.33 Å². The van der Waals surface area contributed by atoms with Gasteiger partial charge in [0.15, 0.2) is 0 Å². The molecule has 0 radical (unpaired) electrons. The summed E-state index contributed by atoms with van der Waals surface area (Å²) in [5.74, 6) is 0.856. The first kappa shape index (κ1) is 12.4. The Kier molecular flexibility index (Phi) is 2.90. The van der Waals surface area contributed by atoms with Crippen LogP contribution >= 0.6 is 0 Å². The van der Waals surface area contributed by atoms with Gasteiger partial charge in [0.05, 0.1) is 5.60 Å². The van der Waals surface area contributed by atoms with E-state index in [9.17, 15) is 5.11 Å². The van der Waals surface area contributed by atoms with E-state index in [1.807, 2.05) is 22.9 Å². The first-order chi connectivity index (χ1) is 9.10. The van der Waals surface area contributed by atoms with Gasteiger partial charge in [-0.25, -0.2) is 9.67 Å². The molecule has 0 amide bonds. The summed E-state index contributed by atoms with van der Waals surface area (Å²) in [5, 5.41) is 15.2. The van der Waals surface area contributed by atoms with Crippen molar-refractivity contribution in [3.8, 4) is 0 Å². The van der Waals surface area contributed by atoms with Gasteiger partial charge in [-0.15, -0.1) is 0 Å². The fourth-order valence-corrected chi connectivity index (χ4v) is 2.95. The fraction of sp³-hybridized carbons (Fsp3) is 0.467. The fourth-order valence-electron chi connectivity index (χ4n) is 2.95. The van der Waals surface area contributed by atoms with Crippen LogP contribution in [0.1, 0.15) is 43.3 Å². The van der Waals surface area contributed by atoms with Gasteiger partial charge in [0.2, 0.25) is 0 Å². The molecule has 4 heteroatoms. The van der Waals surface area contributed by atoms with Gasteiger partial charge in [-0.1, -0.05) is 24.3 Å². The summed E-state index contributed by atoms with van der Waals surface area (Å²) in [6.45, 7) is 4.15. The van der Waals surface area contributed by atoms with Gasteiger partial charge in [0.25, 0.3) is 0 Å². The molecule has 1 N–H and O–H groups in total. The minimum atomic E-state index is -0.795. The monoisotopic (exact) mass is 257 g/mol. The van der Waals surface area contributed by atoms with E-state index >= 15 is 0 Å². The van der Waals surface area contributed by atoms with E-state index in [0.29, 0.717) is 6.42 Å². The van der Waals surface area contributed by atoms with E-state index in [2.05, 4.69) is 30.0 Å². The molecule has 1 aromatic heterocycles. The topological polar surface area (TPSA) is 50.9 Å². The summed E-state index contributed by atoms with van der Waals surface area (Å²) >= 11 is 0. The molecule has 1 unspecified atom stereocenters. The number of aliphatic hydroxyl groups is 1. The molecule has 1 aliphatic rings. The lowest BCUT2D eigenvalue weighted by Gasteiger charge is -2.24. The van der Waals surface area contributed by atoms with Crippen molar-refractivity contribution in [1.29, 1.82) is 0 Å². The van der Waals surface area contributed by atoms with Crippen LogP contribution in [-0.4, -0.2) is 19.9 Å². The van der Waals surface area contributed by atoms with Gasteiger partial charge in [0.1, 0.15) is 12.2 Å². The van der Waals surface area contributed by atoms with Crippen LogP contribution in [0.5, 0.6) is 0 Å². The Morgan fingerprint density at radius 2 is 2.16 bits per heavy atom. The minimum absolute atomic E-state index is 0.262. The maximum absolute atomic E-state index is 10.9. The van der Waals surface area contributed by atoms with Crippen molar-refractivity contribution in [2.24, 2.45) is 0 Å². The van der Waals surface area contributed by atoms with Crippen molar-refractivity contribution in [2.75, 3.05) is 0 Å². The van der Waals surface area contributed by atoms with Crippen LogP contribution in [0.25, 0.3) is 0 Å². The molecule has 4 nitrogen and oxygen atoms in total. The summed E-state index contributed by atoms with van der Waals surface area (Å²) in [5.41, 5.74) is 1.50. The lowest BCUT2D eigenvalue weighted by Crippen LogP contribution is -2.27. The first-order valence-electron chi connectivity index (χ1n) is 6.79. The van der Waals surface area contributed by atoms with E-state index in [1.165, 1.54) is 5.56 Å². The molecule has 0 saturated heterocycles. The Morgan fingerprint density at radius 3 is 2.95 bits per heavy atom. The zero-order chi connectivity index (χ0) is 13.5. The van der Waals surface area contributed by atoms with Crippen LogP contribution in [0.4, 0.5) is 0 Å². The number of aryl methyl sites for hydroxylation is 1. The highest BCUT2D eigenvalue weighted by Gasteiger charge is 2.37. The largest absolute Gasteiger partial charge is 0.385 e. The summed E-state index contributed by atoms with van der Waals surface area (Å²) in [4.78, 5) is 4.31. The number of fused-ring (bicyclic) bond motifs is 1. The van der Waals surface area contributed by atoms with Crippen molar-refractivity contribution in [2.45, 2.75) is 44.8 Å². The lowest BCUT2D eigenvalue weighted by molar-refractivity contribution is 0.0355. The standard InChI is InChI=1S/C15H19N3O/c1-11(2)18-14(16-10-17-18)9-15(19)8-7-12-5-3-4-6-13(12)15/h3-6,10-11,19H,7-9H2,1-2H3. The summed E-state index contributed by atoms with van der Waals surface area (Å²) in [6.07, 6.45) is 3.79. The molecule has 3 rings (SSSR count). The Balaban J connectivity index is 1.93. The Morgan fingerprint density at radius 1 is 1.37 bits per heavy atom. The predicted molar refractivity (Wildman–Crippen MR) is 72.8 cm³/mol. The zero-order valence-electron chi connectivity index (χ0n) is 11.4. The lowest BCUT2D eigenvalue weighted by atomic mass is 9.92. The number of hydrogen-bond donors (Lipinski definition) is 1. The normalized spacial score (nSPS) is 21.9. The van der Waals surface area contributed by atoms with Crippen molar-refractivity contribution in [3.63, 3.8) is 0 Å². The zero-order valence-corrected chi connectivity index (χ0v) is 11.4. The molecule has 0 spiro atoms. The minimum Gasteiger partial charge on any atom is -0.385 e. The van der Waals surface area contributed by atoms with Crippen LogP contribution in [0.2, 0.25) is 0 Å². The molecule has 1 heterocycles. The average molecular weight is 257 g/mol. The molecule has 0 saturated carbocycles. The maximum Gasteiger partial charge on any atom is 0.138 e. The van der Waals surface area contributed by atoms with Crippen LogP contribution in [0.15, 0.2) is 30.6 Å². The number of nitrogens with zero attached hydrogens (tertiary/aromatic N) is 3. The van der Waals surface area contributed by atoms with Crippen LogP contribution in [0.3, 0.4) is 0 Å². The molecule has 1 aliphatic carbocycles. The molecule has 2 aromatic rings. The van der Waals surface area contributed by atoms with E-state index in [4.69, 9.17) is 0 Å². The van der Waals surface area contributed by atoms with E-state index in [0.717, 1.165) is 24.2 Å². The third-order valence-corrected chi connectivity index (χ3v) is 3.91. The van der Waals surface area contributed by atoms with Crippen LogP contribution in [0, 0.1) is 0 Å². The Hall–Kier alpha value is -1.68. The summed E-state index contributed by atoms with van der Waals surface area (Å²) in [6, 6.07) is 8.40. The molecule has 0 fully saturated rings. The van der Waals surface area contributed by atoms with Gasteiger partial charge in [0, 0.05) is 12.5 Å². The SMILES string of the molecule is CC(C)n1ncnc1CC1(O)CCc2ccccc21. The molecule has 1 aromatic carbocycles. The molecule has 0 bridgehead atoms. The summed E-state index contributed by atoms with van der Waals surface area (Å²) < 4.78 is 1.89. The third-order valence-electron chi connectivity index (χ3n) is 3.91. The molecule has 19 heavy (non-hydrogen) atoms. The highest BCUT2D eigenvalue weighted by atomic mass is 16.3. The predicted octanol–water partition coefficient (Wildman–Crippen LogP) is 2.24. The molecular formula is C15H19N3O. The van der Waals surface area contributed by atoms with Crippen molar-refractivity contribution < 1.29 is 5.11 Å². The second-order valence-electron chi connectivity index (χ2n) is 5.58. The third kappa shape index (κ3) is 2.06. The Bertz CT molecular complexity index is 591. The highest BCUT2D eigenvalue weighted by molar-refractivity contribution is 5.37. The molecule has 100 valence electrons. The second-order valence-corrected chi connectivity index (χ2v) is 5.58. The van der Waals surface area contributed by atoms with Gasteiger partial charge in [-0.3, -0.25) is 0 Å². The number of benzene rings is 1. The number of rotatable bonds is 3. The van der Waals surface area contributed by atoms with Crippen LogP contribution in [-0.2, 0) is 18.4 Å². The van der Waals surface area contributed by atoms with Gasteiger partial charge in [-0.2, -0.15) is 5.10 Å². The highest BCUT2D eigenvalue weighted by Crippen LogP contribution is 2.38. The average Bonchev–Trinajstić information content (AvgIpc) is 2.96. The molecule has 1 atom stereocenters. The first-order valence-corrected chi connectivity index (χ1v) is 6.79. The maximum atomic E-state index is 10.9. The number of aromatic nitrogens is 3.